The van der Waals surface area contributed by atoms with Gasteiger partial charge in [0, 0.05) is 17.8 Å². The van der Waals surface area contributed by atoms with Crippen molar-refractivity contribution in [2.24, 2.45) is 5.92 Å². The van der Waals surface area contributed by atoms with Gasteiger partial charge in [0.25, 0.3) is 0 Å². The van der Waals surface area contributed by atoms with Crippen molar-refractivity contribution in [2.45, 2.75) is 18.3 Å². The molecule has 0 spiro atoms. The molecule has 11 rings (SSSR count). The van der Waals surface area contributed by atoms with E-state index in [2.05, 4.69) is 225 Å². The molecule has 0 saturated heterocycles. The van der Waals surface area contributed by atoms with Crippen LogP contribution in [-0.4, -0.2) is 0 Å². The van der Waals surface area contributed by atoms with Crippen LogP contribution in [0.4, 0.5) is 0 Å². The van der Waals surface area contributed by atoms with E-state index in [1.54, 1.807) is 0 Å². The van der Waals surface area contributed by atoms with Crippen molar-refractivity contribution in [1.29, 1.82) is 0 Å². The minimum absolute atomic E-state index is 0.301. The average Bonchev–Trinajstić information content (AvgIpc) is 3.30. The van der Waals surface area contributed by atoms with Crippen LogP contribution in [-0.2, 0) is 0 Å². The highest BCUT2D eigenvalue weighted by Crippen LogP contribution is 2.48. The van der Waals surface area contributed by atoms with Crippen LogP contribution in [0.15, 0.2) is 241 Å². The first-order valence-corrected chi connectivity index (χ1v) is 20.6. The normalized spacial score (nSPS) is 18.6. The summed E-state index contributed by atoms with van der Waals surface area (Å²) in [5, 5.41) is 7.64. The first-order chi connectivity index (χ1) is 28.8. The summed E-state index contributed by atoms with van der Waals surface area (Å²) >= 11 is 0. The smallest absolute Gasteiger partial charge is 0.0196 e. The molecule has 0 bridgehead atoms. The van der Waals surface area contributed by atoms with Gasteiger partial charge < -0.3 is 0 Å². The molecule has 0 heteroatoms. The fourth-order valence-electron chi connectivity index (χ4n) is 9.85. The molecule has 8 aromatic rings. The zero-order chi connectivity index (χ0) is 38.4. The molecule has 58 heavy (non-hydrogen) atoms. The van der Waals surface area contributed by atoms with Crippen LogP contribution in [0.5, 0.6) is 0 Å². The fourth-order valence-corrected chi connectivity index (χ4v) is 9.85. The predicted octanol–water partition coefficient (Wildman–Crippen LogP) is 15.5. The van der Waals surface area contributed by atoms with E-state index in [-0.39, 0.29) is 0 Å². The van der Waals surface area contributed by atoms with E-state index in [0.717, 1.165) is 6.42 Å². The van der Waals surface area contributed by atoms with Gasteiger partial charge in [-0.25, -0.2) is 0 Å². The third-order valence-corrected chi connectivity index (χ3v) is 12.7. The van der Waals surface area contributed by atoms with E-state index in [1.165, 1.54) is 93.5 Å². The summed E-state index contributed by atoms with van der Waals surface area (Å²) in [5.41, 5.74) is 14.5. The minimum Gasteiger partial charge on any atom is -0.0767 e. The number of allylic oxidation sites excluding steroid dienone is 12. The van der Waals surface area contributed by atoms with Crippen molar-refractivity contribution < 1.29 is 0 Å². The van der Waals surface area contributed by atoms with Crippen LogP contribution in [0.2, 0.25) is 0 Å². The molecular formula is C58H42. The van der Waals surface area contributed by atoms with Crippen molar-refractivity contribution in [3.05, 3.63) is 252 Å². The van der Waals surface area contributed by atoms with Crippen LogP contribution in [0.1, 0.15) is 29.4 Å². The van der Waals surface area contributed by atoms with Gasteiger partial charge in [0.15, 0.2) is 0 Å². The van der Waals surface area contributed by atoms with Gasteiger partial charge in [-0.1, -0.05) is 218 Å². The molecule has 0 heterocycles. The van der Waals surface area contributed by atoms with Crippen molar-refractivity contribution in [3.8, 4) is 33.4 Å². The average molecular weight is 739 g/mol. The Kier molecular flexibility index (Phi) is 8.55. The van der Waals surface area contributed by atoms with Crippen LogP contribution in [0, 0.1) is 5.92 Å². The van der Waals surface area contributed by atoms with E-state index >= 15 is 0 Å². The highest BCUT2D eigenvalue weighted by Gasteiger charge is 2.32. The predicted molar refractivity (Wildman–Crippen MR) is 247 cm³/mol. The second kappa shape index (κ2) is 14.5. The maximum absolute atomic E-state index is 2.39. The topological polar surface area (TPSA) is 0 Å². The third kappa shape index (κ3) is 6.01. The lowest BCUT2D eigenvalue weighted by molar-refractivity contribution is 0.631. The fraction of sp³-hybridized carbons (Fsp3) is 0.0690. The lowest BCUT2D eigenvalue weighted by Gasteiger charge is -2.35. The Hall–Kier alpha value is -7.02. The van der Waals surface area contributed by atoms with Gasteiger partial charge in [-0.2, -0.15) is 0 Å². The molecule has 0 amide bonds. The monoisotopic (exact) mass is 738 g/mol. The van der Waals surface area contributed by atoms with E-state index in [9.17, 15) is 0 Å². The van der Waals surface area contributed by atoms with E-state index in [4.69, 9.17) is 0 Å². The van der Waals surface area contributed by atoms with Crippen molar-refractivity contribution in [2.75, 3.05) is 0 Å². The van der Waals surface area contributed by atoms with Gasteiger partial charge in [0.05, 0.1) is 0 Å². The molecule has 3 aliphatic carbocycles. The number of benzene rings is 8. The zero-order valence-corrected chi connectivity index (χ0v) is 32.3. The molecule has 0 radical (unpaired) electrons. The summed E-state index contributed by atoms with van der Waals surface area (Å²) in [6.07, 6.45) is 21.8. The van der Waals surface area contributed by atoms with Crippen LogP contribution < -0.4 is 0 Å². The van der Waals surface area contributed by atoms with Gasteiger partial charge >= 0.3 is 0 Å². The molecule has 0 N–H and O–H groups in total. The molecule has 8 aromatic carbocycles. The maximum Gasteiger partial charge on any atom is 0.0196 e. The standard InChI is InChI=1S/C58H42/c1-2-15-43(16-3-1)56-50-20-7-6-14-42(50)35-36-51(56)49-19-12-18-47(38-49)40-25-30-44(31-26-40)57-52-21-8-10-23-54(52)58(55-24-11-9-22-53(55)57)45-32-27-41(28-33-45)48-34-29-39-13-4-5-17-46(39)37-48/h1-37,47,50,56H,38H2. The Morgan fingerprint density at radius 1 is 0.397 bits per heavy atom. The van der Waals surface area contributed by atoms with Crippen LogP contribution >= 0.6 is 0 Å². The molecule has 274 valence electrons. The number of hydrogen-bond acceptors (Lipinski definition) is 0. The van der Waals surface area contributed by atoms with Crippen molar-refractivity contribution >= 4 is 32.3 Å². The first-order valence-electron chi connectivity index (χ1n) is 20.6. The van der Waals surface area contributed by atoms with Gasteiger partial charge in [-0.15, -0.1) is 0 Å². The first kappa shape index (κ1) is 34.2. The number of fused-ring (bicyclic) bond motifs is 4. The van der Waals surface area contributed by atoms with Gasteiger partial charge in [0.2, 0.25) is 0 Å². The Labute approximate surface area is 340 Å². The van der Waals surface area contributed by atoms with Crippen LogP contribution in [0.25, 0.3) is 65.7 Å². The molecular weight excluding hydrogens is 697 g/mol. The summed E-state index contributed by atoms with van der Waals surface area (Å²) < 4.78 is 0. The molecule has 0 aromatic heterocycles. The molecule has 0 fully saturated rings. The highest BCUT2D eigenvalue weighted by atomic mass is 14.4. The highest BCUT2D eigenvalue weighted by molar-refractivity contribution is 6.21. The molecule has 3 aliphatic rings. The molecule has 3 unspecified atom stereocenters. The van der Waals surface area contributed by atoms with E-state index in [1.807, 2.05) is 0 Å². The summed E-state index contributed by atoms with van der Waals surface area (Å²) in [6.45, 7) is 0. The lowest BCUT2D eigenvalue weighted by atomic mass is 9.68. The summed E-state index contributed by atoms with van der Waals surface area (Å²) in [7, 11) is 0. The zero-order valence-electron chi connectivity index (χ0n) is 32.3. The SMILES string of the molecule is C1=CC2=CC=C(C3=CC=CC(c4ccc(-c5c6ccccc6c(-c6ccc(-c7ccc8ccccc8c7)cc6)c6ccccc56)cc4)C3)C(c3ccccc3)C2C=C1. The summed E-state index contributed by atoms with van der Waals surface area (Å²) in [6, 6.07) is 62.9. The third-order valence-electron chi connectivity index (χ3n) is 12.7. The quantitative estimate of drug-likeness (QED) is 0.149. The minimum atomic E-state index is 0.301. The second-order valence-electron chi connectivity index (χ2n) is 15.9. The van der Waals surface area contributed by atoms with Gasteiger partial charge in [0.1, 0.15) is 0 Å². The molecule has 0 saturated carbocycles. The molecule has 0 nitrogen and oxygen atoms in total. The Morgan fingerprint density at radius 3 is 1.67 bits per heavy atom. The lowest BCUT2D eigenvalue weighted by Crippen LogP contribution is -2.21. The van der Waals surface area contributed by atoms with E-state index in [0.29, 0.717) is 17.8 Å². The Bertz CT molecular complexity index is 3000. The Morgan fingerprint density at radius 2 is 0.983 bits per heavy atom. The summed E-state index contributed by atoms with van der Waals surface area (Å²) in [5.74, 6) is 0.963. The van der Waals surface area contributed by atoms with Crippen molar-refractivity contribution in [3.63, 3.8) is 0 Å². The second-order valence-corrected chi connectivity index (χ2v) is 15.9. The van der Waals surface area contributed by atoms with E-state index < -0.39 is 0 Å². The largest absolute Gasteiger partial charge is 0.0767 e. The number of hydrogen-bond donors (Lipinski definition) is 0. The molecule has 3 atom stereocenters. The Balaban J connectivity index is 0.928. The maximum atomic E-state index is 2.39. The van der Waals surface area contributed by atoms with Gasteiger partial charge in [-0.05, 0) is 106 Å². The van der Waals surface area contributed by atoms with Gasteiger partial charge in [-0.3, -0.25) is 0 Å². The number of rotatable bonds is 6. The molecule has 0 aliphatic heterocycles. The van der Waals surface area contributed by atoms with Crippen LogP contribution in [0.3, 0.4) is 0 Å². The summed E-state index contributed by atoms with van der Waals surface area (Å²) in [4.78, 5) is 0. The van der Waals surface area contributed by atoms with Crippen molar-refractivity contribution in [1.82, 2.24) is 0 Å².